The number of H-pyrrole nitrogens is 1. The van der Waals surface area contributed by atoms with Crippen molar-refractivity contribution in [2.24, 2.45) is 0 Å². The van der Waals surface area contributed by atoms with Crippen LogP contribution in [0.3, 0.4) is 0 Å². The standard InChI is InChI=1S/C12H20N2O2/c1-4-16-11(15)8-13-9-12(2,3)10-6-5-7-14-10/h5-7,13-14H,4,8-9H2,1-3H3. The van der Waals surface area contributed by atoms with Gasteiger partial charge < -0.3 is 15.0 Å². The third kappa shape index (κ3) is 3.70. The molecule has 0 aliphatic heterocycles. The first-order valence-electron chi connectivity index (χ1n) is 5.56. The van der Waals surface area contributed by atoms with Crippen molar-refractivity contribution in [3.8, 4) is 0 Å². The van der Waals surface area contributed by atoms with Gasteiger partial charge in [0, 0.05) is 23.9 Å². The molecular weight excluding hydrogens is 204 g/mol. The highest BCUT2D eigenvalue weighted by Gasteiger charge is 2.21. The zero-order chi connectivity index (χ0) is 12.0. The first-order chi connectivity index (χ1) is 7.56. The molecule has 0 bridgehead atoms. The van der Waals surface area contributed by atoms with Crippen molar-refractivity contribution in [1.29, 1.82) is 0 Å². The summed E-state index contributed by atoms with van der Waals surface area (Å²) >= 11 is 0. The molecule has 0 fully saturated rings. The Hall–Kier alpha value is -1.29. The van der Waals surface area contributed by atoms with Crippen LogP contribution in [0, 0.1) is 0 Å². The zero-order valence-electron chi connectivity index (χ0n) is 10.2. The zero-order valence-corrected chi connectivity index (χ0v) is 10.2. The van der Waals surface area contributed by atoms with Gasteiger partial charge in [0.1, 0.15) is 0 Å². The van der Waals surface area contributed by atoms with E-state index in [4.69, 9.17) is 4.74 Å². The van der Waals surface area contributed by atoms with Gasteiger partial charge in [-0.3, -0.25) is 4.79 Å². The number of ether oxygens (including phenoxy) is 1. The molecule has 1 aromatic heterocycles. The average molecular weight is 224 g/mol. The normalized spacial score (nSPS) is 11.4. The summed E-state index contributed by atoms with van der Waals surface area (Å²) in [7, 11) is 0. The van der Waals surface area contributed by atoms with Gasteiger partial charge in [-0.05, 0) is 19.1 Å². The third-order valence-corrected chi connectivity index (χ3v) is 2.47. The molecule has 0 atom stereocenters. The number of aromatic amines is 1. The molecule has 0 aromatic carbocycles. The monoisotopic (exact) mass is 224 g/mol. The van der Waals surface area contributed by atoms with Crippen molar-refractivity contribution in [3.63, 3.8) is 0 Å². The Morgan fingerprint density at radius 1 is 1.56 bits per heavy atom. The maximum atomic E-state index is 11.1. The summed E-state index contributed by atoms with van der Waals surface area (Å²) in [5.74, 6) is -0.204. The van der Waals surface area contributed by atoms with E-state index >= 15 is 0 Å². The maximum absolute atomic E-state index is 11.1. The number of hydrogen-bond donors (Lipinski definition) is 2. The van der Waals surface area contributed by atoms with Crippen LogP contribution >= 0.6 is 0 Å². The number of carbonyl (C=O) groups excluding carboxylic acids is 1. The van der Waals surface area contributed by atoms with E-state index < -0.39 is 0 Å². The van der Waals surface area contributed by atoms with E-state index in [0.29, 0.717) is 6.61 Å². The smallest absolute Gasteiger partial charge is 0.319 e. The molecule has 0 radical (unpaired) electrons. The Balaban J connectivity index is 2.34. The summed E-state index contributed by atoms with van der Waals surface area (Å²) in [6.07, 6.45) is 1.91. The predicted molar refractivity (Wildman–Crippen MR) is 63.3 cm³/mol. The van der Waals surface area contributed by atoms with Gasteiger partial charge in [0.15, 0.2) is 0 Å². The van der Waals surface area contributed by atoms with E-state index in [1.807, 2.05) is 18.3 Å². The van der Waals surface area contributed by atoms with Crippen LogP contribution in [0.25, 0.3) is 0 Å². The topological polar surface area (TPSA) is 54.1 Å². The minimum absolute atomic E-state index is 0.0179. The summed E-state index contributed by atoms with van der Waals surface area (Å²) in [4.78, 5) is 14.3. The molecule has 0 unspecified atom stereocenters. The van der Waals surface area contributed by atoms with Crippen molar-refractivity contribution in [2.75, 3.05) is 19.7 Å². The van der Waals surface area contributed by atoms with Gasteiger partial charge in [0.2, 0.25) is 0 Å². The van der Waals surface area contributed by atoms with E-state index in [0.717, 1.165) is 12.2 Å². The largest absolute Gasteiger partial charge is 0.465 e. The van der Waals surface area contributed by atoms with Crippen molar-refractivity contribution in [3.05, 3.63) is 24.0 Å². The van der Waals surface area contributed by atoms with Gasteiger partial charge in [0.25, 0.3) is 0 Å². The van der Waals surface area contributed by atoms with E-state index in [2.05, 4.69) is 24.1 Å². The maximum Gasteiger partial charge on any atom is 0.319 e. The number of esters is 1. The van der Waals surface area contributed by atoms with E-state index in [1.54, 1.807) is 6.92 Å². The molecule has 1 aromatic rings. The Bertz CT molecular complexity index is 318. The van der Waals surface area contributed by atoms with Crippen LogP contribution in [0.2, 0.25) is 0 Å². The molecule has 4 nitrogen and oxygen atoms in total. The van der Waals surface area contributed by atoms with Crippen LogP contribution in [0.1, 0.15) is 26.5 Å². The minimum atomic E-state index is -0.204. The lowest BCUT2D eigenvalue weighted by atomic mass is 9.89. The molecule has 4 heteroatoms. The lowest BCUT2D eigenvalue weighted by Crippen LogP contribution is -2.36. The van der Waals surface area contributed by atoms with Gasteiger partial charge in [0.05, 0.1) is 13.2 Å². The SMILES string of the molecule is CCOC(=O)CNCC(C)(C)c1ccc[nH]1. The van der Waals surface area contributed by atoms with Crippen LogP contribution in [-0.4, -0.2) is 30.6 Å². The van der Waals surface area contributed by atoms with Crippen LogP contribution in [0.15, 0.2) is 18.3 Å². The number of hydrogen-bond acceptors (Lipinski definition) is 3. The number of nitrogens with one attached hydrogen (secondary N) is 2. The highest BCUT2D eigenvalue weighted by Crippen LogP contribution is 2.19. The van der Waals surface area contributed by atoms with Crippen molar-refractivity contribution < 1.29 is 9.53 Å². The Morgan fingerprint density at radius 2 is 2.31 bits per heavy atom. The summed E-state index contributed by atoms with van der Waals surface area (Å²) in [6, 6.07) is 4.02. The second kappa shape index (κ2) is 5.70. The quantitative estimate of drug-likeness (QED) is 0.719. The molecular formula is C12H20N2O2. The van der Waals surface area contributed by atoms with Crippen LogP contribution in [-0.2, 0) is 14.9 Å². The summed E-state index contributed by atoms with van der Waals surface area (Å²) in [5, 5.41) is 3.10. The van der Waals surface area contributed by atoms with Crippen molar-refractivity contribution in [1.82, 2.24) is 10.3 Å². The Morgan fingerprint density at radius 3 is 2.88 bits per heavy atom. The molecule has 0 amide bonds. The van der Waals surface area contributed by atoms with E-state index in [1.165, 1.54) is 0 Å². The average Bonchev–Trinajstić information content (AvgIpc) is 2.71. The van der Waals surface area contributed by atoms with Gasteiger partial charge in [-0.25, -0.2) is 0 Å². The van der Waals surface area contributed by atoms with Gasteiger partial charge in [-0.1, -0.05) is 13.8 Å². The number of aromatic nitrogens is 1. The minimum Gasteiger partial charge on any atom is -0.465 e. The van der Waals surface area contributed by atoms with Gasteiger partial charge in [-0.2, -0.15) is 0 Å². The summed E-state index contributed by atoms with van der Waals surface area (Å²) in [5.41, 5.74) is 1.14. The lowest BCUT2D eigenvalue weighted by Gasteiger charge is -2.23. The van der Waals surface area contributed by atoms with Crippen LogP contribution in [0.4, 0.5) is 0 Å². The molecule has 2 N–H and O–H groups in total. The molecule has 0 aliphatic carbocycles. The van der Waals surface area contributed by atoms with Crippen molar-refractivity contribution >= 4 is 5.97 Å². The fourth-order valence-electron chi connectivity index (χ4n) is 1.54. The van der Waals surface area contributed by atoms with Crippen LogP contribution in [0.5, 0.6) is 0 Å². The lowest BCUT2D eigenvalue weighted by molar-refractivity contribution is -0.142. The molecule has 0 saturated heterocycles. The number of rotatable bonds is 6. The predicted octanol–water partition coefficient (Wildman–Crippen LogP) is 1.44. The molecule has 0 saturated carbocycles. The second-order valence-corrected chi connectivity index (χ2v) is 4.38. The first-order valence-corrected chi connectivity index (χ1v) is 5.56. The Labute approximate surface area is 96.4 Å². The summed E-state index contributed by atoms with van der Waals surface area (Å²) < 4.78 is 4.84. The third-order valence-electron chi connectivity index (χ3n) is 2.47. The van der Waals surface area contributed by atoms with Crippen molar-refractivity contribution in [2.45, 2.75) is 26.2 Å². The molecule has 0 spiro atoms. The van der Waals surface area contributed by atoms with Gasteiger partial charge >= 0.3 is 5.97 Å². The van der Waals surface area contributed by atoms with E-state index in [9.17, 15) is 4.79 Å². The molecule has 0 aliphatic rings. The van der Waals surface area contributed by atoms with Gasteiger partial charge in [-0.15, -0.1) is 0 Å². The fraction of sp³-hybridized carbons (Fsp3) is 0.583. The molecule has 1 heterocycles. The van der Waals surface area contributed by atoms with Crippen LogP contribution < -0.4 is 5.32 Å². The molecule has 90 valence electrons. The summed E-state index contributed by atoms with van der Waals surface area (Å²) in [6.45, 7) is 7.47. The molecule has 1 rings (SSSR count). The number of carbonyl (C=O) groups is 1. The molecule has 16 heavy (non-hydrogen) atoms. The highest BCUT2D eigenvalue weighted by atomic mass is 16.5. The van der Waals surface area contributed by atoms with E-state index in [-0.39, 0.29) is 17.9 Å². The Kier molecular flexibility index (Phi) is 4.55. The highest BCUT2D eigenvalue weighted by molar-refractivity contribution is 5.71. The second-order valence-electron chi connectivity index (χ2n) is 4.38. The fourth-order valence-corrected chi connectivity index (χ4v) is 1.54. The first kappa shape index (κ1) is 12.8.